The third kappa shape index (κ3) is 2.71. The molecule has 0 aliphatic heterocycles. The van der Waals surface area contributed by atoms with Crippen molar-refractivity contribution < 1.29 is 9.18 Å². The highest BCUT2D eigenvalue weighted by molar-refractivity contribution is 6.30. The van der Waals surface area contributed by atoms with Gasteiger partial charge >= 0.3 is 0 Å². The number of carbonyl (C=O) groups excluding carboxylic acids is 1. The van der Waals surface area contributed by atoms with Gasteiger partial charge in [0.1, 0.15) is 11.5 Å². The predicted octanol–water partition coefficient (Wildman–Crippen LogP) is 2.64. The van der Waals surface area contributed by atoms with Crippen LogP contribution in [0.4, 0.5) is 4.39 Å². The van der Waals surface area contributed by atoms with Gasteiger partial charge in [0.25, 0.3) is 0 Å². The highest BCUT2D eigenvalue weighted by Gasteiger charge is 2.13. The van der Waals surface area contributed by atoms with Gasteiger partial charge in [-0.1, -0.05) is 11.6 Å². The van der Waals surface area contributed by atoms with Gasteiger partial charge < -0.3 is 4.57 Å². The van der Waals surface area contributed by atoms with Crippen molar-refractivity contribution in [2.75, 3.05) is 0 Å². The number of aryl methyl sites for hydroxylation is 1. The third-order valence-electron chi connectivity index (χ3n) is 2.35. The molecule has 0 aliphatic rings. The van der Waals surface area contributed by atoms with Gasteiger partial charge in [0, 0.05) is 24.7 Å². The average molecular weight is 253 g/mol. The molecule has 3 nitrogen and oxygen atoms in total. The van der Waals surface area contributed by atoms with E-state index in [0.29, 0.717) is 10.7 Å². The summed E-state index contributed by atoms with van der Waals surface area (Å²) in [6.07, 6.45) is 3.09. The Labute approximate surface area is 103 Å². The number of aromatic nitrogens is 2. The topological polar surface area (TPSA) is 34.9 Å². The van der Waals surface area contributed by atoms with Crippen LogP contribution in [0.2, 0.25) is 5.02 Å². The minimum atomic E-state index is -0.432. The molecule has 0 spiro atoms. The zero-order valence-corrected chi connectivity index (χ0v) is 9.91. The summed E-state index contributed by atoms with van der Waals surface area (Å²) in [5.74, 6) is -0.662. The molecule has 88 valence electrons. The van der Waals surface area contributed by atoms with E-state index in [1.807, 2.05) is 0 Å². The number of imidazole rings is 1. The maximum atomic E-state index is 13.4. The normalized spacial score (nSPS) is 10.5. The molecule has 0 bridgehead atoms. The van der Waals surface area contributed by atoms with Crippen LogP contribution >= 0.6 is 11.6 Å². The van der Waals surface area contributed by atoms with Crippen molar-refractivity contribution in [3.63, 3.8) is 0 Å². The minimum Gasteiger partial charge on any atom is -0.340 e. The summed E-state index contributed by atoms with van der Waals surface area (Å²) >= 11 is 5.75. The van der Waals surface area contributed by atoms with Crippen LogP contribution in [0.3, 0.4) is 0 Å². The number of hydrogen-bond acceptors (Lipinski definition) is 2. The van der Waals surface area contributed by atoms with E-state index in [1.165, 1.54) is 24.5 Å². The van der Waals surface area contributed by atoms with Gasteiger partial charge in [-0.05, 0) is 23.8 Å². The van der Waals surface area contributed by atoms with Crippen molar-refractivity contribution in [3.8, 4) is 0 Å². The van der Waals surface area contributed by atoms with Gasteiger partial charge in [-0.25, -0.2) is 9.37 Å². The average Bonchev–Trinajstić information content (AvgIpc) is 2.70. The molecule has 17 heavy (non-hydrogen) atoms. The largest absolute Gasteiger partial charge is 0.340 e. The van der Waals surface area contributed by atoms with Crippen LogP contribution in [0.15, 0.2) is 30.7 Å². The number of halogens is 2. The van der Waals surface area contributed by atoms with E-state index in [0.717, 1.165) is 0 Å². The molecule has 2 rings (SSSR count). The van der Waals surface area contributed by atoms with Gasteiger partial charge in [-0.15, -0.1) is 0 Å². The van der Waals surface area contributed by atoms with Crippen LogP contribution in [0.25, 0.3) is 0 Å². The van der Waals surface area contributed by atoms with E-state index in [4.69, 9.17) is 11.6 Å². The molecule has 0 atom stereocenters. The Bertz CT molecular complexity index is 565. The third-order valence-corrected chi connectivity index (χ3v) is 2.58. The molecule has 1 aromatic carbocycles. The van der Waals surface area contributed by atoms with E-state index in [9.17, 15) is 9.18 Å². The van der Waals surface area contributed by atoms with E-state index in [2.05, 4.69) is 4.98 Å². The molecule has 0 radical (unpaired) electrons. The molecule has 0 aliphatic carbocycles. The Morgan fingerprint density at radius 2 is 2.29 bits per heavy atom. The summed E-state index contributed by atoms with van der Waals surface area (Å²) in [5.41, 5.74) is 0.611. The fraction of sp³-hybridized carbons (Fsp3) is 0.167. The first-order chi connectivity index (χ1) is 8.06. The molecule has 5 heteroatoms. The molecular weight excluding hydrogens is 243 g/mol. The van der Waals surface area contributed by atoms with E-state index < -0.39 is 5.82 Å². The van der Waals surface area contributed by atoms with Crippen molar-refractivity contribution in [2.24, 2.45) is 7.05 Å². The summed E-state index contributed by atoms with van der Waals surface area (Å²) in [5, 5.41) is 0.412. The SMILES string of the molecule is Cn1cnc(C(=O)Cc2cc(Cl)ccc2F)c1. The predicted molar refractivity (Wildman–Crippen MR) is 62.7 cm³/mol. The highest BCUT2D eigenvalue weighted by atomic mass is 35.5. The quantitative estimate of drug-likeness (QED) is 0.787. The summed E-state index contributed by atoms with van der Waals surface area (Å²) in [4.78, 5) is 15.7. The van der Waals surface area contributed by atoms with Crippen LogP contribution in [0.5, 0.6) is 0 Å². The number of nitrogens with zero attached hydrogens (tertiary/aromatic N) is 2. The Morgan fingerprint density at radius 3 is 2.94 bits per heavy atom. The summed E-state index contributed by atoms with van der Waals surface area (Å²) in [6.45, 7) is 0. The van der Waals surface area contributed by atoms with Crippen LogP contribution in [0, 0.1) is 5.82 Å². The molecule has 0 unspecified atom stereocenters. The fourth-order valence-electron chi connectivity index (χ4n) is 1.50. The van der Waals surface area contributed by atoms with Gasteiger partial charge in [-0.2, -0.15) is 0 Å². The lowest BCUT2D eigenvalue weighted by atomic mass is 10.1. The van der Waals surface area contributed by atoms with E-state index in [1.54, 1.807) is 17.8 Å². The molecular formula is C12H10ClFN2O. The molecule has 2 aromatic rings. The molecule has 1 heterocycles. The lowest BCUT2D eigenvalue weighted by Gasteiger charge is -2.01. The Hall–Kier alpha value is -1.68. The summed E-state index contributed by atoms with van der Waals surface area (Å²) in [6, 6.07) is 4.16. The van der Waals surface area contributed by atoms with E-state index in [-0.39, 0.29) is 17.8 Å². The Morgan fingerprint density at radius 1 is 1.53 bits per heavy atom. The van der Waals surface area contributed by atoms with Crippen LogP contribution in [0.1, 0.15) is 16.1 Å². The Balaban J connectivity index is 2.21. The van der Waals surface area contributed by atoms with Crippen molar-refractivity contribution in [3.05, 3.63) is 52.8 Å². The van der Waals surface area contributed by atoms with Crippen LogP contribution in [-0.2, 0) is 13.5 Å². The van der Waals surface area contributed by atoms with Gasteiger partial charge in [-0.3, -0.25) is 4.79 Å². The molecule has 0 saturated heterocycles. The maximum Gasteiger partial charge on any atom is 0.187 e. The van der Waals surface area contributed by atoms with Gasteiger partial charge in [0.15, 0.2) is 5.78 Å². The van der Waals surface area contributed by atoms with Crippen LogP contribution in [-0.4, -0.2) is 15.3 Å². The fourth-order valence-corrected chi connectivity index (χ4v) is 1.69. The zero-order valence-electron chi connectivity index (χ0n) is 9.15. The summed E-state index contributed by atoms with van der Waals surface area (Å²) < 4.78 is 15.1. The lowest BCUT2D eigenvalue weighted by molar-refractivity contribution is 0.0987. The molecule has 1 aromatic heterocycles. The smallest absolute Gasteiger partial charge is 0.187 e. The van der Waals surface area contributed by atoms with Crippen LogP contribution < -0.4 is 0 Å². The van der Waals surface area contributed by atoms with Crippen molar-refractivity contribution in [1.82, 2.24) is 9.55 Å². The number of carbonyl (C=O) groups is 1. The second-order valence-corrected chi connectivity index (χ2v) is 4.20. The van der Waals surface area contributed by atoms with Gasteiger partial charge in [0.05, 0.1) is 6.33 Å². The second kappa shape index (κ2) is 4.67. The highest BCUT2D eigenvalue weighted by Crippen LogP contribution is 2.16. The number of benzene rings is 1. The first kappa shape index (κ1) is 11.8. The van der Waals surface area contributed by atoms with Crippen molar-refractivity contribution in [1.29, 1.82) is 0 Å². The molecule has 0 N–H and O–H groups in total. The van der Waals surface area contributed by atoms with Crippen molar-refractivity contribution >= 4 is 17.4 Å². The number of hydrogen-bond donors (Lipinski definition) is 0. The maximum absolute atomic E-state index is 13.4. The monoisotopic (exact) mass is 252 g/mol. The number of ketones is 1. The standard InChI is InChI=1S/C12H10ClFN2O/c1-16-6-11(15-7-16)12(17)5-8-4-9(13)2-3-10(8)14/h2-4,6-7H,5H2,1H3. The molecule has 0 fully saturated rings. The molecule has 0 saturated carbocycles. The van der Waals surface area contributed by atoms with E-state index >= 15 is 0 Å². The summed E-state index contributed by atoms with van der Waals surface area (Å²) in [7, 11) is 1.77. The lowest BCUT2D eigenvalue weighted by Crippen LogP contribution is -2.05. The second-order valence-electron chi connectivity index (χ2n) is 3.76. The molecule has 0 amide bonds. The Kier molecular flexibility index (Phi) is 3.24. The number of Topliss-reactive ketones (excluding diaryl/α,β-unsaturated/α-hetero) is 1. The minimum absolute atomic E-state index is 0.0383. The van der Waals surface area contributed by atoms with Crippen molar-refractivity contribution in [2.45, 2.75) is 6.42 Å². The first-order valence-corrected chi connectivity index (χ1v) is 5.39. The first-order valence-electron chi connectivity index (χ1n) is 5.01. The zero-order chi connectivity index (χ0) is 12.4. The number of rotatable bonds is 3. The van der Waals surface area contributed by atoms with Gasteiger partial charge in [0.2, 0.25) is 0 Å².